The maximum absolute atomic E-state index is 12.9. The van der Waals surface area contributed by atoms with Gasteiger partial charge in [-0.05, 0) is 52.2 Å². The van der Waals surface area contributed by atoms with Gasteiger partial charge in [0.1, 0.15) is 10.8 Å². The molecule has 0 unspecified atom stereocenters. The standard InChI is InChI=1S/C19H21ClF3N3O3/c1-17(2,3)29-16(27)13-4-5-14(25-15(13)20)26-11-12(10-24-26)28-9-8-18(6-7-18)19(21,22)23/h4-5,10-11H,6-9H2,1-3H3. The number of hydrogen-bond acceptors (Lipinski definition) is 5. The molecule has 3 rings (SSSR count). The second-order valence-corrected chi connectivity index (χ2v) is 8.36. The summed E-state index contributed by atoms with van der Waals surface area (Å²) in [4.78, 5) is 16.3. The number of halogens is 4. The second-order valence-electron chi connectivity index (χ2n) is 8.01. The fourth-order valence-corrected chi connectivity index (χ4v) is 2.96. The largest absolute Gasteiger partial charge is 0.490 e. The third kappa shape index (κ3) is 5.01. The van der Waals surface area contributed by atoms with Crippen molar-refractivity contribution in [2.75, 3.05) is 6.61 Å². The van der Waals surface area contributed by atoms with E-state index in [4.69, 9.17) is 21.1 Å². The molecule has 10 heteroatoms. The first-order chi connectivity index (χ1) is 13.4. The number of carbonyl (C=O) groups excluding carboxylic acids is 1. The Balaban J connectivity index is 1.63. The first-order valence-electron chi connectivity index (χ1n) is 9.05. The maximum atomic E-state index is 12.9. The van der Waals surface area contributed by atoms with Gasteiger partial charge in [0, 0.05) is 0 Å². The van der Waals surface area contributed by atoms with Crippen LogP contribution in [0.4, 0.5) is 13.2 Å². The minimum atomic E-state index is -4.20. The third-order valence-corrected chi connectivity index (χ3v) is 4.84. The Labute approximate surface area is 171 Å². The second kappa shape index (κ2) is 7.51. The van der Waals surface area contributed by atoms with Crippen LogP contribution < -0.4 is 4.74 Å². The molecule has 158 valence electrons. The van der Waals surface area contributed by atoms with Gasteiger partial charge in [0.2, 0.25) is 0 Å². The summed E-state index contributed by atoms with van der Waals surface area (Å²) in [6.07, 6.45) is -1.13. The number of rotatable bonds is 6. The molecule has 0 bridgehead atoms. The Hall–Kier alpha value is -2.29. The molecule has 2 aromatic rings. The van der Waals surface area contributed by atoms with Crippen LogP contribution in [0.5, 0.6) is 5.75 Å². The van der Waals surface area contributed by atoms with E-state index in [1.54, 1.807) is 20.8 Å². The van der Waals surface area contributed by atoms with Crippen LogP contribution in [0, 0.1) is 5.41 Å². The van der Waals surface area contributed by atoms with Gasteiger partial charge in [0.25, 0.3) is 0 Å². The van der Waals surface area contributed by atoms with Crippen molar-refractivity contribution in [3.8, 4) is 11.6 Å². The van der Waals surface area contributed by atoms with Crippen LogP contribution in [0.1, 0.15) is 50.4 Å². The predicted octanol–water partition coefficient (Wildman–Crippen LogP) is 4.99. The molecular weight excluding hydrogens is 411 g/mol. The molecule has 6 nitrogen and oxygen atoms in total. The molecule has 1 fully saturated rings. The number of aromatic nitrogens is 3. The molecule has 0 spiro atoms. The molecule has 2 aromatic heterocycles. The Morgan fingerprint density at radius 3 is 2.52 bits per heavy atom. The summed E-state index contributed by atoms with van der Waals surface area (Å²) in [5.41, 5.74) is -2.15. The summed E-state index contributed by atoms with van der Waals surface area (Å²) in [5.74, 6) is 0.0490. The molecule has 1 saturated carbocycles. The highest BCUT2D eigenvalue weighted by molar-refractivity contribution is 6.32. The normalized spacial score (nSPS) is 15.8. The highest BCUT2D eigenvalue weighted by atomic mass is 35.5. The van der Waals surface area contributed by atoms with Crippen LogP contribution in [0.3, 0.4) is 0 Å². The van der Waals surface area contributed by atoms with Crippen molar-refractivity contribution in [1.29, 1.82) is 0 Å². The summed E-state index contributed by atoms with van der Waals surface area (Å²) in [7, 11) is 0. The van der Waals surface area contributed by atoms with Crippen LogP contribution in [-0.2, 0) is 4.74 Å². The van der Waals surface area contributed by atoms with E-state index in [9.17, 15) is 18.0 Å². The van der Waals surface area contributed by atoms with Gasteiger partial charge in [-0.3, -0.25) is 0 Å². The first-order valence-corrected chi connectivity index (χ1v) is 9.42. The van der Waals surface area contributed by atoms with Crippen molar-refractivity contribution in [2.45, 2.75) is 51.8 Å². The van der Waals surface area contributed by atoms with Gasteiger partial charge in [-0.25, -0.2) is 14.5 Å². The molecule has 0 aromatic carbocycles. The van der Waals surface area contributed by atoms with Gasteiger partial charge in [0.05, 0.1) is 30.0 Å². The van der Waals surface area contributed by atoms with Crippen molar-refractivity contribution >= 4 is 17.6 Å². The van der Waals surface area contributed by atoms with Crippen molar-refractivity contribution < 1.29 is 27.4 Å². The lowest BCUT2D eigenvalue weighted by molar-refractivity contribution is -0.190. The highest BCUT2D eigenvalue weighted by Gasteiger charge is 2.62. The quantitative estimate of drug-likeness (QED) is 0.476. The molecule has 0 aliphatic heterocycles. The van der Waals surface area contributed by atoms with Crippen LogP contribution in [0.15, 0.2) is 24.5 Å². The molecular formula is C19H21ClF3N3O3. The lowest BCUT2D eigenvalue weighted by Gasteiger charge is -2.19. The predicted molar refractivity (Wildman–Crippen MR) is 99.4 cm³/mol. The number of esters is 1. The van der Waals surface area contributed by atoms with Crippen LogP contribution in [-0.4, -0.2) is 39.1 Å². The molecule has 2 heterocycles. The average Bonchev–Trinajstić information content (AvgIpc) is 3.23. The van der Waals surface area contributed by atoms with Crippen LogP contribution in [0.25, 0.3) is 5.82 Å². The lowest BCUT2D eigenvalue weighted by Crippen LogP contribution is -2.26. The SMILES string of the molecule is CC(C)(C)OC(=O)c1ccc(-n2cc(OCCC3(C(F)(F)F)CC3)cn2)nc1Cl. The summed E-state index contributed by atoms with van der Waals surface area (Å²) in [6, 6.07) is 3.01. The Bertz CT molecular complexity index is 902. The molecule has 1 aliphatic carbocycles. The minimum Gasteiger partial charge on any atom is -0.490 e. The smallest absolute Gasteiger partial charge is 0.394 e. The Morgan fingerprint density at radius 1 is 1.28 bits per heavy atom. The third-order valence-electron chi connectivity index (χ3n) is 4.55. The summed E-state index contributed by atoms with van der Waals surface area (Å²) in [6.45, 7) is 5.17. The minimum absolute atomic E-state index is 0.0458. The van der Waals surface area contributed by atoms with Crippen molar-refractivity contribution in [2.24, 2.45) is 5.41 Å². The fraction of sp³-hybridized carbons (Fsp3) is 0.526. The number of alkyl halides is 3. The number of hydrogen-bond donors (Lipinski definition) is 0. The zero-order valence-corrected chi connectivity index (χ0v) is 17.0. The van der Waals surface area contributed by atoms with Crippen LogP contribution in [0.2, 0.25) is 5.15 Å². The van der Waals surface area contributed by atoms with Gasteiger partial charge in [-0.1, -0.05) is 11.6 Å². The molecule has 0 atom stereocenters. The Kier molecular flexibility index (Phi) is 5.55. The molecule has 1 aliphatic rings. The van der Waals surface area contributed by atoms with Crippen molar-refractivity contribution in [3.63, 3.8) is 0 Å². The summed E-state index contributed by atoms with van der Waals surface area (Å²) >= 11 is 6.10. The van der Waals surface area contributed by atoms with Crippen molar-refractivity contribution in [3.05, 3.63) is 35.2 Å². The number of ether oxygens (including phenoxy) is 2. The van der Waals surface area contributed by atoms with Gasteiger partial charge in [-0.15, -0.1) is 0 Å². The zero-order chi connectivity index (χ0) is 21.4. The lowest BCUT2D eigenvalue weighted by atomic mass is 10.0. The fourth-order valence-electron chi connectivity index (χ4n) is 2.73. The average molecular weight is 432 g/mol. The highest BCUT2D eigenvalue weighted by Crippen LogP contribution is 2.59. The topological polar surface area (TPSA) is 66.2 Å². The summed E-state index contributed by atoms with van der Waals surface area (Å²) in [5, 5.41) is 4.03. The zero-order valence-electron chi connectivity index (χ0n) is 16.2. The molecule has 0 saturated heterocycles. The monoisotopic (exact) mass is 431 g/mol. The van der Waals surface area contributed by atoms with Gasteiger partial charge >= 0.3 is 12.1 Å². The summed E-state index contributed by atoms with van der Waals surface area (Å²) < 4.78 is 50.9. The molecule has 0 radical (unpaired) electrons. The van der Waals surface area contributed by atoms with Crippen LogP contribution >= 0.6 is 11.6 Å². The molecule has 29 heavy (non-hydrogen) atoms. The van der Waals surface area contributed by atoms with E-state index in [2.05, 4.69) is 10.1 Å². The van der Waals surface area contributed by atoms with E-state index < -0.39 is 23.2 Å². The Morgan fingerprint density at radius 2 is 1.97 bits per heavy atom. The van der Waals surface area contributed by atoms with E-state index in [0.29, 0.717) is 11.6 Å². The van der Waals surface area contributed by atoms with Gasteiger partial charge in [-0.2, -0.15) is 18.3 Å². The van der Waals surface area contributed by atoms with Gasteiger partial charge in [0.15, 0.2) is 11.6 Å². The number of carbonyl (C=O) groups is 1. The number of nitrogens with zero attached hydrogens (tertiary/aromatic N) is 3. The van der Waals surface area contributed by atoms with Crippen molar-refractivity contribution in [1.82, 2.24) is 14.8 Å². The van der Waals surface area contributed by atoms with E-state index >= 15 is 0 Å². The van der Waals surface area contributed by atoms with E-state index in [1.165, 1.54) is 29.2 Å². The number of pyridine rings is 1. The van der Waals surface area contributed by atoms with E-state index in [0.717, 1.165) is 0 Å². The molecule has 0 amide bonds. The van der Waals surface area contributed by atoms with E-state index in [1.807, 2.05) is 0 Å². The van der Waals surface area contributed by atoms with Gasteiger partial charge < -0.3 is 9.47 Å². The first kappa shape index (κ1) is 21.4. The maximum Gasteiger partial charge on any atom is 0.394 e. The molecule has 0 N–H and O–H groups in total. The van der Waals surface area contributed by atoms with E-state index in [-0.39, 0.29) is 36.6 Å².